The Labute approximate surface area is 115 Å². The van der Waals surface area contributed by atoms with Gasteiger partial charge in [0.2, 0.25) is 0 Å². The van der Waals surface area contributed by atoms with Gasteiger partial charge in [0.1, 0.15) is 6.29 Å². The molecule has 1 aromatic rings. The fraction of sp³-hybridized carbons (Fsp3) is 0.562. The van der Waals surface area contributed by atoms with Gasteiger partial charge in [0, 0.05) is 24.2 Å². The summed E-state index contributed by atoms with van der Waals surface area (Å²) in [4.78, 5) is 13.3. The molecule has 2 saturated heterocycles. The maximum Gasteiger partial charge on any atom is 0.150 e. The van der Waals surface area contributed by atoms with Crippen LogP contribution >= 0.6 is 0 Å². The van der Waals surface area contributed by atoms with Crippen LogP contribution in [0.4, 0.5) is 0 Å². The Hall–Kier alpha value is -1.19. The number of aldehydes is 1. The molecule has 3 heteroatoms. The van der Waals surface area contributed by atoms with Crippen LogP contribution in [-0.4, -0.2) is 43.4 Å². The second-order valence-electron chi connectivity index (χ2n) is 5.96. The third-order valence-corrected chi connectivity index (χ3v) is 4.85. The molecule has 2 heterocycles. The first-order valence-corrected chi connectivity index (χ1v) is 7.20. The predicted molar refractivity (Wildman–Crippen MR) is 76.6 cm³/mol. The van der Waals surface area contributed by atoms with Crippen molar-refractivity contribution in [3.63, 3.8) is 0 Å². The van der Waals surface area contributed by atoms with E-state index < -0.39 is 0 Å². The van der Waals surface area contributed by atoms with Crippen LogP contribution in [0.5, 0.6) is 0 Å². The summed E-state index contributed by atoms with van der Waals surface area (Å²) in [5.41, 5.74) is 2.12. The number of benzene rings is 1. The lowest BCUT2D eigenvalue weighted by atomic mass is 9.88. The van der Waals surface area contributed by atoms with Gasteiger partial charge < -0.3 is 5.32 Å². The van der Waals surface area contributed by atoms with Gasteiger partial charge in [-0.3, -0.25) is 9.69 Å². The summed E-state index contributed by atoms with van der Waals surface area (Å²) < 4.78 is 0. The number of carbonyl (C=O) groups excluding carboxylic acids is 1. The van der Waals surface area contributed by atoms with Crippen LogP contribution in [-0.2, 0) is 0 Å². The summed E-state index contributed by atoms with van der Waals surface area (Å²) in [6.07, 6.45) is 2.20. The quantitative estimate of drug-likeness (QED) is 0.646. The largest absolute Gasteiger partial charge is 0.319 e. The molecule has 0 aromatic heterocycles. The van der Waals surface area contributed by atoms with Gasteiger partial charge in [-0.2, -0.15) is 0 Å². The third-order valence-electron chi connectivity index (χ3n) is 4.85. The molecular weight excluding hydrogens is 236 g/mol. The van der Waals surface area contributed by atoms with Gasteiger partial charge in [0.05, 0.1) is 0 Å². The highest BCUT2D eigenvalue weighted by Crippen LogP contribution is 2.45. The molecule has 19 heavy (non-hydrogen) atoms. The predicted octanol–water partition coefficient (Wildman–Crippen LogP) is 1.89. The number of hydrogen-bond donors (Lipinski definition) is 1. The SMILES string of the molecule is CNC[C@H]1C[C@H]([C@H](C)c2ccc(C=O)cc2)N2C[C@@H]12. The first-order valence-electron chi connectivity index (χ1n) is 7.20. The van der Waals surface area contributed by atoms with E-state index in [4.69, 9.17) is 0 Å². The van der Waals surface area contributed by atoms with Crippen molar-refractivity contribution in [3.05, 3.63) is 35.4 Å². The minimum atomic E-state index is 0.549. The molecule has 0 aliphatic carbocycles. The number of hydrogen-bond acceptors (Lipinski definition) is 3. The molecule has 1 N–H and O–H groups in total. The summed E-state index contributed by atoms with van der Waals surface area (Å²) in [5.74, 6) is 1.36. The van der Waals surface area contributed by atoms with Crippen molar-refractivity contribution in [1.29, 1.82) is 0 Å². The second kappa shape index (κ2) is 5.06. The summed E-state index contributed by atoms with van der Waals surface area (Å²) in [5, 5.41) is 3.32. The van der Waals surface area contributed by atoms with E-state index in [0.29, 0.717) is 12.0 Å². The van der Waals surface area contributed by atoms with Gasteiger partial charge >= 0.3 is 0 Å². The Balaban J connectivity index is 1.70. The number of rotatable bonds is 5. The van der Waals surface area contributed by atoms with E-state index in [-0.39, 0.29) is 0 Å². The van der Waals surface area contributed by atoms with Gasteiger partial charge in [-0.15, -0.1) is 0 Å². The number of nitrogens with one attached hydrogen (secondary N) is 1. The lowest BCUT2D eigenvalue weighted by molar-refractivity contribution is 0.112. The average Bonchev–Trinajstić information content (AvgIpc) is 3.16. The third kappa shape index (κ3) is 2.33. The van der Waals surface area contributed by atoms with E-state index in [2.05, 4.69) is 29.3 Å². The maximum atomic E-state index is 10.7. The molecule has 0 bridgehead atoms. The molecule has 0 radical (unpaired) electrons. The Kier molecular flexibility index (Phi) is 3.42. The lowest BCUT2D eigenvalue weighted by Crippen LogP contribution is -2.25. The molecule has 2 aliphatic heterocycles. The zero-order chi connectivity index (χ0) is 13.4. The van der Waals surface area contributed by atoms with Gasteiger partial charge in [-0.05, 0) is 37.4 Å². The first-order chi connectivity index (χ1) is 9.24. The van der Waals surface area contributed by atoms with Crippen molar-refractivity contribution in [1.82, 2.24) is 10.2 Å². The van der Waals surface area contributed by atoms with Gasteiger partial charge in [0.15, 0.2) is 0 Å². The Morgan fingerprint density at radius 2 is 2.16 bits per heavy atom. The van der Waals surface area contributed by atoms with Crippen molar-refractivity contribution < 1.29 is 4.79 Å². The second-order valence-corrected chi connectivity index (χ2v) is 5.96. The van der Waals surface area contributed by atoms with E-state index in [1.807, 2.05) is 19.2 Å². The summed E-state index contributed by atoms with van der Waals surface area (Å²) >= 11 is 0. The Morgan fingerprint density at radius 1 is 1.42 bits per heavy atom. The van der Waals surface area contributed by atoms with E-state index in [1.165, 1.54) is 18.5 Å². The Morgan fingerprint density at radius 3 is 2.79 bits per heavy atom. The van der Waals surface area contributed by atoms with Gasteiger partial charge in [0.25, 0.3) is 0 Å². The molecule has 102 valence electrons. The molecular formula is C16H22N2O. The molecule has 5 atom stereocenters. The van der Waals surface area contributed by atoms with Crippen molar-refractivity contribution in [2.45, 2.75) is 31.3 Å². The molecule has 1 aromatic carbocycles. The Bertz CT molecular complexity index is 456. The summed E-state index contributed by atoms with van der Waals surface area (Å²) in [7, 11) is 2.04. The van der Waals surface area contributed by atoms with Gasteiger partial charge in [-0.25, -0.2) is 0 Å². The van der Waals surface area contributed by atoms with Crippen molar-refractivity contribution >= 4 is 6.29 Å². The molecule has 2 aliphatic rings. The van der Waals surface area contributed by atoms with Crippen molar-refractivity contribution in [2.75, 3.05) is 20.1 Å². The van der Waals surface area contributed by atoms with Crippen LogP contribution in [0.25, 0.3) is 0 Å². The molecule has 3 nitrogen and oxygen atoms in total. The highest BCUT2D eigenvalue weighted by atomic mass is 16.1. The number of carbonyl (C=O) groups is 1. The molecule has 3 rings (SSSR count). The van der Waals surface area contributed by atoms with E-state index in [0.717, 1.165) is 30.4 Å². The highest BCUT2D eigenvalue weighted by molar-refractivity contribution is 5.74. The molecule has 1 unspecified atom stereocenters. The fourth-order valence-corrected chi connectivity index (χ4v) is 3.65. The number of piperidine rings is 1. The summed E-state index contributed by atoms with van der Waals surface area (Å²) in [6.45, 7) is 4.72. The molecule has 2 fully saturated rings. The van der Waals surface area contributed by atoms with Crippen LogP contribution in [0, 0.1) is 5.92 Å². The fourth-order valence-electron chi connectivity index (χ4n) is 3.65. The molecule has 0 saturated carbocycles. The monoisotopic (exact) mass is 258 g/mol. The van der Waals surface area contributed by atoms with Crippen LogP contribution in [0.3, 0.4) is 0 Å². The molecule has 0 amide bonds. The molecule has 0 spiro atoms. The zero-order valence-electron chi connectivity index (χ0n) is 11.7. The highest BCUT2D eigenvalue weighted by Gasteiger charge is 2.52. The number of fused-ring (bicyclic) bond motifs is 1. The summed E-state index contributed by atoms with van der Waals surface area (Å²) in [6, 6.07) is 9.56. The normalized spacial score (nSPS) is 33.8. The van der Waals surface area contributed by atoms with Crippen LogP contribution in [0.15, 0.2) is 24.3 Å². The topological polar surface area (TPSA) is 32.1 Å². The standard InChI is InChI=1S/C16H22N2O/c1-11(13-5-3-12(10-19)4-6-13)15-7-14(8-17-2)16-9-18(15)16/h3-6,10-11,14-17H,7-9H2,1-2H3/t11-,14-,15-,16+,18?/m1/s1. The maximum absolute atomic E-state index is 10.7. The van der Waals surface area contributed by atoms with Crippen LogP contribution in [0.1, 0.15) is 35.2 Å². The van der Waals surface area contributed by atoms with E-state index in [9.17, 15) is 4.79 Å². The van der Waals surface area contributed by atoms with Crippen molar-refractivity contribution in [3.8, 4) is 0 Å². The number of nitrogens with zero attached hydrogens (tertiary/aromatic N) is 1. The average molecular weight is 258 g/mol. The minimum absolute atomic E-state index is 0.549. The van der Waals surface area contributed by atoms with Gasteiger partial charge in [-0.1, -0.05) is 31.2 Å². The zero-order valence-corrected chi connectivity index (χ0v) is 11.7. The lowest BCUT2D eigenvalue weighted by Gasteiger charge is -2.23. The van der Waals surface area contributed by atoms with Crippen LogP contribution in [0.2, 0.25) is 0 Å². The smallest absolute Gasteiger partial charge is 0.150 e. The van der Waals surface area contributed by atoms with Crippen LogP contribution < -0.4 is 5.32 Å². The van der Waals surface area contributed by atoms with E-state index >= 15 is 0 Å². The van der Waals surface area contributed by atoms with Crippen molar-refractivity contribution in [2.24, 2.45) is 5.92 Å². The first kappa shape index (κ1) is 12.8. The van der Waals surface area contributed by atoms with E-state index in [1.54, 1.807) is 0 Å². The minimum Gasteiger partial charge on any atom is -0.319 e.